The summed E-state index contributed by atoms with van der Waals surface area (Å²) in [4.78, 5) is 12.7. The van der Waals surface area contributed by atoms with Gasteiger partial charge in [-0.1, -0.05) is 70.5 Å². The van der Waals surface area contributed by atoms with Crippen LogP contribution in [0.1, 0.15) is 15.9 Å². The van der Waals surface area contributed by atoms with Gasteiger partial charge in [0.2, 0.25) is 12.1 Å². The fourth-order valence-corrected chi connectivity index (χ4v) is 3.42. The number of aromatic nitrogens is 2. The zero-order chi connectivity index (χ0) is 17.9. The smallest absolute Gasteiger partial charge is 0.245 e. The van der Waals surface area contributed by atoms with E-state index in [9.17, 15) is 4.79 Å². The van der Waals surface area contributed by atoms with Crippen LogP contribution in [-0.4, -0.2) is 10.4 Å². The molecule has 0 atom stereocenters. The van der Waals surface area contributed by atoms with Crippen LogP contribution in [0.2, 0.25) is 0 Å². The number of imidazole rings is 1. The van der Waals surface area contributed by atoms with Crippen molar-refractivity contribution in [1.29, 1.82) is 0 Å². The molecule has 1 heterocycles. The number of fused-ring (bicyclic) bond motifs is 1. The first-order valence-electron chi connectivity index (χ1n) is 8.51. The zero-order valence-corrected chi connectivity index (χ0v) is 17.7. The summed E-state index contributed by atoms with van der Waals surface area (Å²) >= 11 is 3.41. The van der Waals surface area contributed by atoms with E-state index in [2.05, 4.69) is 44.8 Å². The van der Waals surface area contributed by atoms with Crippen LogP contribution in [0.3, 0.4) is 0 Å². The van der Waals surface area contributed by atoms with Crippen molar-refractivity contribution >= 4 is 32.7 Å². The topological polar surface area (TPSA) is 25.9 Å². The Morgan fingerprint density at radius 2 is 1.56 bits per heavy atom. The molecule has 5 heteroatoms. The number of nitrogens with zero attached hydrogens (tertiary/aromatic N) is 2. The van der Waals surface area contributed by atoms with Gasteiger partial charge in [-0.3, -0.25) is 4.79 Å². The molecule has 3 aromatic carbocycles. The molecule has 136 valence electrons. The van der Waals surface area contributed by atoms with Crippen molar-refractivity contribution in [2.75, 3.05) is 0 Å². The van der Waals surface area contributed by atoms with E-state index in [4.69, 9.17) is 0 Å². The summed E-state index contributed by atoms with van der Waals surface area (Å²) in [6.07, 6.45) is 2.04. The second-order valence-corrected chi connectivity index (χ2v) is 7.19. The summed E-state index contributed by atoms with van der Waals surface area (Å²) in [6.45, 7) is 1.10. The van der Waals surface area contributed by atoms with Crippen molar-refractivity contribution in [2.24, 2.45) is 0 Å². The Morgan fingerprint density at radius 3 is 2.30 bits per heavy atom. The molecule has 0 bridgehead atoms. The number of halogens is 2. The van der Waals surface area contributed by atoms with Gasteiger partial charge in [0.25, 0.3) is 0 Å². The number of hydrogen-bond acceptors (Lipinski definition) is 1. The highest BCUT2D eigenvalue weighted by Gasteiger charge is 2.18. The summed E-state index contributed by atoms with van der Waals surface area (Å²) in [6, 6.07) is 26.1. The van der Waals surface area contributed by atoms with Crippen LogP contribution in [0.5, 0.6) is 0 Å². The lowest BCUT2D eigenvalue weighted by molar-refractivity contribution is -0.663. The molecule has 0 aliphatic rings. The van der Waals surface area contributed by atoms with E-state index in [1.807, 2.05) is 65.5 Å². The lowest BCUT2D eigenvalue weighted by Crippen LogP contribution is -3.00. The first-order valence-corrected chi connectivity index (χ1v) is 9.30. The predicted molar refractivity (Wildman–Crippen MR) is 106 cm³/mol. The van der Waals surface area contributed by atoms with Crippen molar-refractivity contribution in [2.45, 2.75) is 13.1 Å². The van der Waals surface area contributed by atoms with E-state index in [1.54, 1.807) is 0 Å². The number of hydrogen-bond donors (Lipinski definition) is 0. The molecule has 0 amide bonds. The third kappa shape index (κ3) is 4.37. The van der Waals surface area contributed by atoms with E-state index in [0.717, 1.165) is 27.6 Å². The number of Topliss-reactive ketones (excluding diaryl/α,β-unsaturated/α-hetero) is 1. The number of carbonyl (C=O) groups excluding carboxylic acids is 1. The Labute approximate surface area is 177 Å². The first kappa shape index (κ1) is 19.5. The van der Waals surface area contributed by atoms with Gasteiger partial charge >= 0.3 is 0 Å². The van der Waals surface area contributed by atoms with Crippen LogP contribution in [0, 0.1) is 0 Å². The third-order valence-electron chi connectivity index (χ3n) is 4.46. The molecule has 0 N–H and O–H groups in total. The Bertz CT molecular complexity index is 1060. The quantitative estimate of drug-likeness (QED) is 0.311. The van der Waals surface area contributed by atoms with E-state index < -0.39 is 0 Å². The molecule has 4 rings (SSSR count). The molecule has 0 saturated carbocycles. The highest BCUT2D eigenvalue weighted by atomic mass is 79.9. The molecule has 0 spiro atoms. The Kier molecular flexibility index (Phi) is 6.24. The highest BCUT2D eigenvalue weighted by Crippen LogP contribution is 2.15. The standard InChI is InChI=1S/C22H18BrN2O.BrH/c23-19-12-10-18(11-13-19)22(26)15-25-16-24(14-17-6-2-1-3-7-17)20-8-4-5-9-21(20)25;/h1-13,16H,14-15H2;1H/q+1;/p-1. The van der Waals surface area contributed by atoms with Crippen LogP contribution in [0.15, 0.2) is 89.7 Å². The maximum atomic E-state index is 12.7. The van der Waals surface area contributed by atoms with Crippen molar-refractivity contribution in [3.05, 3.63) is 101 Å². The minimum Gasteiger partial charge on any atom is -1.00 e. The summed E-state index contributed by atoms with van der Waals surface area (Å²) in [5.41, 5.74) is 4.15. The maximum Gasteiger partial charge on any atom is 0.245 e. The first-order chi connectivity index (χ1) is 12.7. The van der Waals surface area contributed by atoms with Crippen LogP contribution in [0.25, 0.3) is 11.0 Å². The Balaban J connectivity index is 0.00000210. The molecular formula is C22H18Br2N2O. The van der Waals surface area contributed by atoms with Crippen molar-refractivity contribution < 1.29 is 26.3 Å². The normalized spacial score (nSPS) is 10.6. The van der Waals surface area contributed by atoms with Gasteiger partial charge in [-0.15, -0.1) is 0 Å². The number of rotatable bonds is 5. The number of para-hydroxylation sites is 2. The molecule has 0 aliphatic carbocycles. The second-order valence-electron chi connectivity index (χ2n) is 6.28. The summed E-state index contributed by atoms with van der Waals surface area (Å²) in [7, 11) is 0. The summed E-state index contributed by atoms with van der Waals surface area (Å²) in [5, 5.41) is 0. The summed E-state index contributed by atoms with van der Waals surface area (Å²) < 4.78 is 5.20. The second kappa shape index (κ2) is 8.63. The highest BCUT2D eigenvalue weighted by molar-refractivity contribution is 9.10. The van der Waals surface area contributed by atoms with Crippen LogP contribution in [-0.2, 0) is 13.1 Å². The maximum absolute atomic E-state index is 12.7. The molecule has 0 radical (unpaired) electrons. The summed E-state index contributed by atoms with van der Waals surface area (Å²) in [5.74, 6) is 0.102. The Morgan fingerprint density at radius 1 is 0.889 bits per heavy atom. The monoisotopic (exact) mass is 484 g/mol. The van der Waals surface area contributed by atoms with E-state index in [1.165, 1.54) is 5.56 Å². The molecule has 0 saturated heterocycles. The molecule has 4 aromatic rings. The van der Waals surface area contributed by atoms with E-state index in [0.29, 0.717) is 6.54 Å². The molecule has 0 aliphatic heterocycles. The van der Waals surface area contributed by atoms with Gasteiger partial charge in [-0.05, 0) is 29.8 Å². The lowest BCUT2D eigenvalue weighted by atomic mass is 10.1. The number of carbonyl (C=O) groups is 1. The van der Waals surface area contributed by atoms with Crippen molar-refractivity contribution in [3.8, 4) is 0 Å². The van der Waals surface area contributed by atoms with Gasteiger partial charge in [0, 0.05) is 10.0 Å². The molecular weight excluding hydrogens is 468 g/mol. The lowest BCUT2D eigenvalue weighted by Gasteiger charge is -2.00. The van der Waals surface area contributed by atoms with Crippen LogP contribution < -0.4 is 21.5 Å². The van der Waals surface area contributed by atoms with Gasteiger partial charge < -0.3 is 17.0 Å². The molecule has 27 heavy (non-hydrogen) atoms. The zero-order valence-electron chi connectivity index (χ0n) is 14.6. The van der Waals surface area contributed by atoms with Crippen LogP contribution in [0.4, 0.5) is 0 Å². The minimum absolute atomic E-state index is 0. The predicted octanol–water partition coefficient (Wildman–Crippen LogP) is 1.63. The van der Waals surface area contributed by atoms with E-state index in [-0.39, 0.29) is 22.8 Å². The fraction of sp³-hybridized carbons (Fsp3) is 0.0909. The molecule has 0 unspecified atom stereocenters. The van der Waals surface area contributed by atoms with Gasteiger partial charge in [0.15, 0.2) is 17.6 Å². The molecule has 0 fully saturated rings. The van der Waals surface area contributed by atoms with Gasteiger partial charge in [-0.25, -0.2) is 9.13 Å². The SMILES string of the molecule is O=C(Cn1c[n+](Cc2ccccc2)c2ccccc21)c1ccc(Br)cc1.[Br-]. The van der Waals surface area contributed by atoms with Crippen LogP contribution >= 0.6 is 15.9 Å². The average Bonchev–Trinajstić information content (AvgIpc) is 3.01. The molecule has 3 nitrogen and oxygen atoms in total. The number of ketones is 1. The van der Waals surface area contributed by atoms with E-state index >= 15 is 0 Å². The largest absolute Gasteiger partial charge is 1.00 e. The molecule has 1 aromatic heterocycles. The average molecular weight is 486 g/mol. The van der Waals surface area contributed by atoms with Crippen molar-refractivity contribution in [3.63, 3.8) is 0 Å². The van der Waals surface area contributed by atoms with Gasteiger partial charge in [0.1, 0.15) is 6.54 Å². The van der Waals surface area contributed by atoms with Gasteiger partial charge in [-0.2, -0.15) is 0 Å². The van der Waals surface area contributed by atoms with Crippen molar-refractivity contribution in [1.82, 2.24) is 4.57 Å². The Hall–Kier alpha value is -2.24. The minimum atomic E-state index is 0. The third-order valence-corrected chi connectivity index (χ3v) is 4.98. The van der Waals surface area contributed by atoms with Gasteiger partial charge in [0.05, 0.1) is 0 Å². The number of benzene rings is 3. The fourth-order valence-electron chi connectivity index (χ4n) is 3.16.